The number of halogens is 1. The Labute approximate surface area is 167 Å². The molecule has 0 unspecified atom stereocenters. The van der Waals surface area contributed by atoms with Crippen LogP contribution in [-0.2, 0) is 0 Å². The first-order valence-corrected chi connectivity index (χ1v) is 8.97. The lowest BCUT2D eigenvalue weighted by Gasteiger charge is -2.14. The number of ether oxygens (including phenoxy) is 1. The third kappa shape index (κ3) is 5.98. The first kappa shape index (κ1) is 21.2. The zero-order chi connectivity index (χ0) is 20.7. The number of carbonyl (C=O) groups excluding carboxylic acids is 1. The number of nitrogens with zero attached hydrogens (tertiary/aromatic N) is 1. The standard InChI is InChI=1S/C19H20FN3O4S/c1-12(2)9-10-27-17-6-4-3-5-14(17)18(24)22-19(28)21-16-11-13(23(25)26)7-8-15(16)20/h3-8,11-12H,9-10H2,1-2H3,(H2,21,22,24,28). The van der Waals surface area contributed by atoms with Gasteiger partial charge in [0, 0.05) is 12.1 Å². The number of hydrogen-bond donors (Lipinski definition) is 2. The van der Waals surface area contributed by atoms with Gasteiger partial charge in [-0.1, -0.05) is 26.0 Å². The normalized spacial score (nSPS) is 10.4. The van der Waals surface area contributed by atoms with Crippen molar-refractivity contribution in [1.29, 1.82) is 0 Å². The second kappa shape index (κ2) is 9.75. The van der Waals surface area contributed by atoms with Crippen LogP contribution in [0.25, 0.3) is 0 Å². The van der Waals surface area contributed by atoms with Crippen molar-refractivity contribution >= 4 is 34.6 Å². The molecule has 2 rings (SSSR count). The predicted molar refractivity (Wildman–Crippen MR) is 108 cm³/mol. The average molecular weight is 405 g/mol. The van der Waals surface area contributed by atoms with E-state index in [9.17, 15) is 19.3 Å². The van der Waals surface area contributed by atoms with Crippen molar-refractivity contribution in [2.24, 2.45) is 5.92 Å². The van der Waals surface area contributed by atoms with Crippen LogP contribution in [0.2, 0.25) is 0 Å². The fourth-order valence-corrected chi connectivity index (χ4v) is 2.43. The fraction of sp³-hybridized carbons (Fsp3) is 0.263. The third-order valence-electron chi connectivity index (χ3n) is 3.72. The van der Waals surface area contributed by atoms with Gasteiger partial charge in [-0.3, -0.25) is 20.2 Å². The van der Waals surface area contributed by atoms with Crippen molar-refractivity contribution in [2.75, 3.05) is 11.9 Å². The number of para-hydroxylation sites is 1. The van der Waals surface area contributed by atoms with Gasteiger partial charge in [0.05, 0.1) is 22.8 Å². The van der Waals surface area contributed by atoms with E-state index >= 15 is 0 Å². The van der Waals surface area contributed by atoms with Crippen LogP contribution in [0.1, 0.15) is 30.6 Å². The minimum Gasteiger partial charge on any atom is -0.493 e. The predicted octanol–water partition coefficient (Wildman–Crippen LogP) is 4.29. The van der Waals surface area contributed by atoms with E-state index < -0.39 is 16.6 Å². The van der Waals surface area contributed by atoms with Gasteiger partial charge >= 0.3 is 0 Å². The third-order valence-corrected chi connectivity index (χ3v) is 3.92. The van der Waals surface area contributed by atoms with Gasteiger partial charge < -0.3 is 10.1 Å². The van der Waals surface area contributed by atoms with Gasteiger partial charge in [-0.2, -0.15) is 0 Å². The Morgan fingerprint density at radius 1 is 1.29 bits per heavy atom. The van der Waals surface area contributed by atoms with Gasteiger partial charge in [-0.15, -0.1) is 0 Å². The summed E-state index contributed by atoms with van der Waals surface area (Å²) in [5.41, 5.74) is -0.238. The zero-order valence-electron chi connectivity index (χ0n) is 15.4. The molecule has 0 aliphatic heterocycles. The Hall–Kier alpha value is -3.07. The minimum atomic E-state index is -0.736. The summed E-state index contributed by atoms with van der Waals surface area (Å²) in [6, 6.07) is 9.66. The highest BCUT2D eigenvalue weighted by atomic mass is 32.1. The first-order valence-electron chi connectivity index (χ1n) is 8.56. The summed E-state index contributed by atoms with van der Waals surface area (Å²) in [7, 11) is 0. The van der Waals surface area contributed by atoms with E-state index in [0.717, 1.165) is 24.6 Å². The molecule has 0 saturated carbocycles. The molecule has 0 fully saturated rings. The Morgan fingerprint density at radius 3 is 2.68 bits per heavy atom. The SMILES string of the molecule is CC(C)CCOc1ccccc1C(=O)NC(=S)Nc1cc([N+](=O)[O-])ccc1F. The van der Waals surface area contributed by atoms with Crippen LogP contribution in [0.15, 0.2) is 42.5 Å². The highest BCUT2D eigenvalue weighted by Crippen LogP contribution is 2.22. The molecule has 0 aromatic heterocycles. The van der Waals surface area contributed by atoms with Crippen LogP contribution in [0, 0.1) is 21.8 Å². The molecule has 0 radical (unpaired) electrons. The minimum absolute atomic E-state index is 0.193. The second-order valence-corrected chi connectivity index (χ2v) is 6.76. The second-order valence-electron chi connectivity index (χ2n) is 6.36. The maximum Gasteiger partial charge on any atom is 0.271 e. The summed E-state index contributed by atoms with van der Waals surface area (Å²) in [4.78, 5) is 22.7. The van der Waals surface area contributed by atoms with E-state index in [-0.39, 0.29) is 22.1 Å². The average Bonchev–Trinajstić information content (AvgIpc) is 2.63. The molecule has 0 spiro atoms. The van der Waals surface area contributed by atoms with Crippen LogP contribution in [0.3, 0.4) is 0 Å². The Morgan fingerprint density at radius 2 is 2.00 bits per heavy atom. The van der Waals surface area contributed by atoms with Crippen LogP contribution >= 0.6 is 12.2 Å². The van der Waals surface area contributed by atoms with Gasteiger partial charge in [0.25, 0.3) is 11.6 Å². The number of non-ortho nitro benzene ring substituents is 1. The lowest BCUT2D eigenvalue weighted by molar-refractivity contribution is -0.384. The molecular weight excluding hydrogens is 385 g/mol. The van der Waals surface area contributed by atoms with Gasteiger partial charge in [0.1, 0.15) is 11.6 Å². The summed E-state index contributed by atoms with van der Waals surface area (Å²) < 4.78 is 19.5. The van der Waals surface area contributed by atoms with Crippen molar-refractivity contribution < 1.29 is 18.8 Å². The van der Waals surface area contributed by atoms with Crippen LogP contribution in [0.4, 0.5) is 15.8 Å². The number of nitro benzene ring substituents is 1. The van der Waals surface area contributed by atoms with Crippen molar-refractivity contribution in [3.63, 3.8) is 0 Å². The molecule has 2 aromatic carbocycles. The van der Waals surface area contributed by atoms with E-state index in [0.29, 0.717) is 18.3 Å². The maximum atomic E-state index is 13.8. The zero-order valence-corrected chi connectivity index (χ0v) is 16.2. The molecule has 0 saturated heterocycles. The summed E-state index contributed by atoms with van der Waals surface area (Å²) >= 11 is 5.03. The molecule has 148 valence electrons. The van der Waals surface area contributed by atoms with Gasteiger partial charge in [0.2, 0.25) is 0 Å². The van der Waals surface area contributed by atoms with Gasteiger partial charge in [0.15, 0.2) is 5.11 Å². The number of nitro groups is 1. The number of amides is 1. The van der Waals surface area contributed by atoms with Crippen molar-refractivity contribution in [3.8, 4) is 5.75 Å². The lowest BCUT2D eigenvalue weighted by Crippen LogP contribution is -2.34. The molecular formula is C19H20FN3O4S. The van der Waals surface area contributed by atoms with E-state index in [1.54, 1.807) is 24.3 Å². The molecule has 0 aliphatic carbocycles. The van der Waals surface area contributed by atoms with Crippen molar-refractivity contribution in [3.05, 3.63) is 64.0 Å². The molecule has 28 heavy (non-hydrogen) atoms. The number of nitrogens with one attached hydrogen (secondary N) is 2. The summed E-state index contributed by atoms with van der Waals surface area (Å²) in [5.74, 6) is -0.407. The largest absolute Gasteiger partial charge is 0.493 e. The van der Waals surface area contributed by atoms with Gasteiger partial charge in [-0.05, 0) is 42.8 Å². The molecule has 2 N–H and O–H groups in total. The summed E-state index contributed by atoms with van der Waals surface area (Å²) in [5, 5.41) is 15.5. The Bertz CT molecular complexity index is 889. The molecule has 0 heterocycles. The lowest BCUT2D eigenvalue weighted by atomic mass is 10.1. The Kier molecular flexibility index (Phi) is 7.39. The number of benzene rings is 2. The smallest absolute Gasteiger partial charge is 0.271 e. The molecule has 7 nitrogen and oxygen atoms in total. The van der Waals surface area contributed by atoms with Gasteiger partial charge in [-0.25, -0.2) is 4.39 Å². The number of hydrogen-bond acceptors (Lipinski definition) is 5. The highest BCUT2D eigenvalue weighted by molar-refractivity contribution is 7.80. The molecule has 2 aromatic rings. The number of anilines is 1. The molecule has 9 heteroatoms. The number of thiocarbonyl (C=S) groups is 1. The topological polar surface area (TPSA) is 93.5 Å². The van der Waals surface area contributed by atoms with Crippen LogP contribution in [0.5, 0.6) is 5.75 Å². The van der Waals surface area contributed by atoms with Crippen molar-refractivity contribution in [2.45, 2.75) is 20.3 Å². The van der Waals surface area contributed by atoms with E-state index in [2.05, 4.69) is 24.5 Å². The molecule has 0 bridgehead atoms. The van der Waals surface area contributed by atoms with E-state index in [1.807, 2.05) is 0 Å². The van der Waals surface area contributed by atoms with Crippen LogP contribution in [-0.4, -0.2) is 22.5 Å². The monoisotopic (exact) mass is 405 g/mol. The molecule has 1 amide bonds. The van der Waals surface area contributed by atoms with E-state index in [4.69, 9.17) is 17.0 Å². The summed E-state index contributed by atoms with van der Waals surface area (Å²) in [6.45, 7) is 4.60. The van der Waals surface area contributed by atoms with Crippen LogP contribution < -0.4 is 15.4 Å². The maximum absolute atomic E-state index is 13.8. The Balaban J connectivity index is 2.06. The molecule has 0 aliphatic rings. The van der Waals surface area contributed by atoms with E-state index in [1.165, 1.54) is 0 Å². The number of carbonyl (C=O) groups is 1. The molecule has 0 atom stereocenters. The fourth-order valence-electron chi connectivity index (χ4n) is 2.23. The highest BCUT2D eigenvalue weighted by Gasteiger charge is 2.16. The summed E-state index contributed by atoms with van der Waals surface area (Å²) in [6.07, 6.45) is 0.835. The quantitative estimate of drug-likeness (QED) is 0.406. The first-order chi connectivity index (χ1) is 13.3. The number of rotatable bonds is 7. The van der Waals surface area contributed by atoms with Crippen molar-refractivity contribution in [1.82, 2.24) is 5.32 Å².